The van der Waals surface area contributed by atoms with Crippen LogP contribution in [0.25, 0.3) is 0 Å². The van der Waals surface area contributed by atoms with Crippen molar-refractivity contribution < 1.29 is 9.90 Å². The van der Waals surface area contributed by atoms with Crippen LogP contribution in [0.5, 0.6) is 0 Å². The molecule has 2 rings (SSSR count). The molecule has 1 aliphatic rings. The largest absolute Gasteiger partial charge is 0.476 e. The first-order chi connectivity index (χ1) is 6.61. The van der Waals surface area contributed by atoms with Crippen molar-refractivity contribution in [1.29, 1.82) is 0 Å². The Balaban J connectivity index is 2.59. The van der Waals surface area contributed by atoms with Gasteiger partial charge in [-0.05, 0) is 0 Å². The summed E-state index contributed by atoms with van der Waals surface area (Å²) in [5.41, 5.74) is 0.781. The van der Waals surface area contributed by atoms with Gasteiger partial charge in [0.05, 0.1) is 0 Å². The van der Waals surface area contributed by atoms with Gasteiger partial charge in [-0.15, -0.1) is 0 Å². The van der Waals surface area contributed by atoms with Crippen molar-refractivity contribution >= 4 is 17.5 Å². The van der Waals surface area contributed by atoms with E-state index in [-0.39, 0.29) is 5.69 Å². The fourth-order valence-corrected chi connectivity index (χ4v) is 1.67. The number of nitrogens with one attached hydrogen (secondary N) is 1. The van der Waals surface area contributed by atoms with E-state index in [0.29, 0.717) is 5.69 Å². The zero-order valence-electron chi connectivity index (χ0n) is 8.11. The van der Waals surface area contributed by atoms with Crippen molar-refractivity contribution in [3.63, 3.8) is 0 Å². The third-order valence-corrected chi connectivity index (χ3v) is 2.35. The second-order valence-corrected chi connectivity index (χ2v) is 3.32. The van der Waals surface area contributed by atoms with Crippen molar-refractivity contribution in [2.75, 3.05) is 30.4 Å². The van der Waals surface area contributed by atoms with Gasteiger partial charge in [0.25, 0.3) is 0 Å². The molecule has 0 unspecified atom stereocenters. The van der Waals surface area contributed by atoms with Gasteiger partial charge in [-0.2, -0.15) is 5.10 Å². The van der Waals surface area contributed by atoms with Gasteiger partial charge in [0, 0.05) is 27.2 Å². The molecule has 0 aliphatic carbocycles. The van der Waals surface area contributed by atoms with Gasteiger partial charge in [-0.3, -0.25) is 4.68 Å². The Morgan fingerprint density at radius 3 is 2.93 bits per heavy atom. The molecule has 1 aromatic heterocycles. The molecular formula is C8H12N4O2. The molecule has 14 heavy (non-hydrogen) atoms. The lowest BCUT2D eigenvalue weighted by Crippen LogP contribution is -2.31. The van der Waals surface area contributed by atoms with Crippen LogP contribution >= 0.6 is 0 Å². The lowest BCUT2D eigenvalue weighted by atomic mass is 10.2. The monoisotopic (exact) mass is 196 g/mol. The van der Waals surface area contributed by atoms with Gasteiger partial charge in [-0.25, -0.2) is 4.79 Å². The van der Waals surface area contributed by atoms with E-state index in [1.54, 1.807) is 11.7 Å². The van der Waals surface area contributed by atoms with Crippen LogP contribution < -0.4 is 10.2 Å². The predicted molar refractivity (Wildman–Crippen MR) is 51.9 cm³/mol. The Morgan fingerprint density at radius 1 is 1.57 bits per heavy atom. The SMILES string of the molecule is CN1CCNc2c1c(C(=O)O)nn2C. The molecular weight excluding hydrogens is 184 g/mol. The van der Waals surface area contributed by atoms with Crippen LogP contribution in [0.2, 0.25) is 0 Å². The Morgan fingerprint density at radius 2 is 2.29 bits per heavy atom. The van der Waals surface area contributed by atoms with E-state index in [0.717, 1.165) is 18.9 Å². The van der Waals surface area contributed by atoms with Crippen LogP contribution in [-0.2, 0) is 7.05 Å². The number of aromatic nitrogens is 2. The summed E-state index contributed by atoms with van der Waals surface area (Å²) in [5.74, 6) is -0.214. The standard InChI is InChI=1S/C8H12N4O2/c1-11-4-3-9-7-6(11)5(8(13)14)10-12(7)2/h9H,3-4H2,1-2H3,(H,13,14). The minimum atomic E-state index is -0.989. The second-order valence-electron chi connectivity index (χ2n) is 3.32. The third-order valence-electron chi connectivity index (χ3n) is 2.35. The van der Waals surface area contributed by atoms with Gasteiger partial charge < -0.3 is 15.3 Å². The van der Waals surface area contributed by atoms with Crippen LogP contribution in [0.1, 0.15) is 10.5 Å². The van der Waals surface area contributed by atoms with Crippen LogP contribution in [0, 0.1) is 0 Å². The lowest BCUT2D eigenvalue weighted by Gasteiger charge is -2.25. The average molecular weight is 196 g/mol. The van der Waals surface area contributed by atoms with Crippen LogP contribution in [0.4, 0.5) is 11.5 Å². The van der Waals surface area contributed by atoms with Gasteiger partial charge in [0.15, 0.2) is 5.69 Å². The molecule has 0 amide bonds. The smallest absolute Gasteiger partial charge is 0.358 e. The van der Waals surface area contributed by atoms with Crippen molar-refractivity contribution in [2.24, 2.45) is 7.05 Å². The zero-order valence-corrected chi connectivity index (χ0v) is 8.11. The van der Waals surface area contributed by atoms with E-state index in [2.05, 4.69) is 10.4 Å². The highest BCUT2D eigenvalue weighted by Gasteiger charge is 2.26. The number of hydrogen-bond donors (Lipinski definition) is 2. The highest BCUT2D eigenvalue weighted by molar-refractivity contribution is 5.96. The van der Waals surface area contributed by atoms with E-state index in [1.165, 1.54) is 0 Å². The molecule has 6 heteroatoms. The van der Waals surface area contributed by atoms with Crippen molar-refractivity contribution in [3.05, 3.63) is 5.69 Å². The molecule has 0 saturated carbocycles. The van der Waals surface area contributed by atoms with E-state index >= 15 is 0 Å². The number of carboxylic acids is 1. The number of hydrogen-bond acceptors (Lipinski definition) is 4. The molecule has 0 saturated heterocycles. The maximum atomic E-state index is 10.9. The number of carboxylic acid groups (broad SMARTS) is 1. The normalized spacial score (nSPS) is 14.9. The number of nitrogens with zero attached hydrogens (tertiary/aromatic N) is 3. The summed E-state index contributed by atoms with van der Waals surface area (Å²) in [6, 6.07) is 0. The molecule has 0 spiro atoms. The molecule has 2 heterocycles. The van der Waals surface area contributed by atoms with Gasteiger partial charge >= 0.3 is 5.97 Å². The molecule has 0 fully saturated rings. The molecule has 6 nitrogen and oxygen atoms in total. The fraction of sp³-hybridized carbons (Fsp3) is 0.500. The molecule has 76 valence electrons. The maximum Gasteiger partial charge on any atom is 0.358 e. The highest BCUT2D eigenvalue weighted by Crippen LogP contribution is 2.30. The molecule has 1 aromatic rings. The van der Waals surface area contributed by atoms with Crippen LogP contribution in [0.15, 0.2) is 0 Å². The Labute approximate surface area is 81.1 Å². The fourth-order valence-electron chi connectivity index (χ4n) is 1.67. The number of aryl methyl sites for hydroxylation is 1. The first-order valence-electron chi connectivity index (χ1n) is 4.36. The molecule has 0 bridgehead atoms. The zero-order chi connectivity index (χ0) is 10.3. The van der Waals surface area contributed by atoms with E-state index in [4.69, 9.17) is 5.11 Å². The van der Waals surface area contributed by atoms with Gasteiger partial charge in [0.2, 0.25) is 0 Å². The van der Waals surface area contributed by atoms with Crippen LogP contribution in [-0.4, -0.2) is 41.0 Å². The van der Waals surface area contributed by atoms with E-state index < -0.39 is 5.97 Å². The predicted octanol–water partition coefficient (Wildman–Crippen LogP) is -0.0200. The molecule has 0 radical (unpaired) electrons. The number of aromatic carboxylic acids is 1. The molecule has 0 aromatic carbocycles. The second kappa shape index (κ2) is 2.90. The summed E-state index contributed by atoms with van der Waals surface area (Å²) in [5, 5.41) is 16.0. The number of fused-ring (bicyclic) bond motifs is 1. The number of anilines is 2. The van der Waals surface area contributed by atoms with Crippen molar-refractivity contribution in [3.8, 4) is 0 Å². The summed E-state index contributed by atoms with van der Waals surface area (Å²) >= 11 is 0. The number of likely N-dealkylation sites (N-methyl/N-ethyl adjacent to an activating group) is 1. The lowest BCUT2D eigenvalue weighted by molar-refractivity contribution is 0.0690. The minimum absolute atomic E-state index is 0.109. The number of carbonyl (C=O) groups is 1. The topological polar surface area (TPSA) is 70.4 Å². The van der Waals surface area contributed by atoms with Gasteiger partial charge in [0.1, 0.15) is 11.5 Å². The molecule has 0 atom stereocenters. The van der Waals surface area contributed by atoms with Crippen LogP contribution in [0.3, 0.4) is 0 Å². The van der Waals surface area contributed by atoms with Gasteiger partial charge in [-0.1, -0.05) is 0 Å². The van der Waals surface area contributed by atoms with Crippen molar-refractivity contribution in [2.45, 2.75) is 0 Å². The Hall–Kier alpha value is -1.72. The maximum absolute atomic E-state index is 10.9. The summed E-state index contributed by atoms with van der Waals surface area (Å²) < 4.78 is 1.56. The quantitative estimate of drug-likeness (QED) is 0.660. The Bertz CT molecular complexity index is 385. The summed E-state index contributed by atoms with van der Waals surface area (Å²) in [6.07, 6.45) is 0. The summed E-state index contributed by atoms with van der Waals surface area (Å²) in [6.45, 7) is 1.60. The molecule has 1 aliphatic heterocycles. The molecule has 2 N–H and O–H groups in total. The number of rotatable bonds is 1. The first-order valence-corrected chi connectivity index (χ1v) is 4.36. The first kappa shape index (κ1) is 8.86. The van der Waals surface area contributed by atoms with E-state index in [9.17, 15) is 4.79 Å². The summed E-state index contributed by atoms with van der Waals surface area (Å²) in [7, 11) is 3.60. The highest BCUT2D eigenvalue weighted by atomic mass is 16.4. The van der Waals surface area contributed by atoms with Crippen molar-refractivity contribution in [1.82, 2.24) is 9.78 Å². The third kappa shape index (κ3) is 1.11. The Kier molecular flexibility index (Phi) is 1.83. The minimum Gasteiger partial charge on any atom is -0.476 e. The summed E-state index contributed by atoms with van der Waals surface area (Å²) in [4.78, 5) is 12.8. The average Bonchev–Trinajstić information content (AvgIpc) is 2.46. The van der Waals surface area contributed by atoms with E-state index in [1.807, 2.05) is 11.9 Å².